The molecule has 1 saturated carbocycles. The molecule has 2 rings (SSSR count). The highest BCUT2D eigenvalue weighted by Crippen LogP contribution is 2.18. The summed E-state index contributed by atoms with van der Waals surface area (Å²) in [6.45, 7) is 1.78. The molecule has 0 atom stereocenters. The van der Waals surface area contributed by atoms with Crippen LogP contribution in [0.3, 0.4) is 0 Å². The van der Waals surface area contributed by atoms with Gasteiger partial charge >= 0.3 is 0 Å². The molecule has 17 heavy (non-hydrogen) atoms. The normalized spacial score (nSPS) is 14.6. The molecule has 0 radical (unpaired) electrons. The number of hydrogen-bond donors (Lipinski definition) is 2. The average molecular weight is 232 g/mol. The third-order valence-corrected chi connectivity index (χ3v) is 2.87. The lowest BCUT2D eigenvalue weighted by Gasteiger charge is -2.05. The summed E-state index contributed by atoms with van der Waals surface area (Å²) in [6.07, 6.45) is 3.87. The highest BCUT2D eigenvalue weighted by Gasteiger charge is 2.22. The minimum atomic E-state index is 0.203. The first-order valence-corrected chi connectivity index (χ1v) is 6.38. The maximum absolute atomic E-state index is 11.4. The van der Waals surface area contributed by atoms with Gasteiger partial charge in [-0.1, -0.05) is 30.3 Å². The fourth-order valence-corrected chi connectivity index (χ4v) is 1.73. The summed E-state index contributed by atoms with van der Waals surface area (Å²) in [7, 11) is 0. The molecule has 3 nitrogen and oxygen atoms in total. The topological polar surface area (TPSA) is 41.1 Å². The van der Waals surface area contributed by atoms with Gasteiger partial charge in [-0.05, 0) is 31.4 Å². The van der Waals surface area contributed by atoms with Crippen molar-refractivity contribution in [1.82, 2.24) is 10.6 Å². The van der Waals surface area contributed by atoms with E-state index in [2.05, 4.69) is 22.8 Å². The van der Waals surface area contributed by atoms with Crippen LogP contribution in [0, 0.1) is 0 Å². The molecule has 1 amide bonds. The van der Waals surface area contributed by atoms with Gasteiger partial charge in [-0.2, -0.15) is 0 Å². The third-order valence-electron chi connectivity index (χ3n) is 2.87. The number of carbonyl (C=O) groups is 1. The van der Waals surface area contributed by atoms with Crippen molar-refractivity contribution in [3.05, 3.63) is 35.9 Å². The van der Waals surface area contributed by atoms with E-state index in [0.29, 0.717) is 12.5 Å². The molecule has 1 aliphatic carbocycles. The zero-order valence-corrected chi connectivity index (χ0v) is 10.1. The number of hydrogen-bond acceptors (Lipinski definition) is 2. The Labute approximate surface area is 103 Å². The third kappa shape index (κ3) is 5.00. The second kappa shape index (κ2) is 6.40. The second-order valence-electron chi connectivity index (χ2n) is 4.61. The molecule has 1 aromatic carbocycles. The second-order valence-corrected chi connectivity index (χ2v) is 4.61. The molecule has 1 fully saturated rings. The van der Waals surface area contributed by atoms with Gasteiger partial charge in [0.15, 0.2) is 0 Å². The molecular formula is C14H20N2O. The van der Waals surface area contributed by atoms with Crippen molar-refractivity contribution in [1.29, 1.82) is 0 Å². The molecule has 2 N–H and O–H groups in total. The van der Waals surface area contributed by atoms with Gasteiger partial charge < -0.3 is 10.6 Å². The van der Waals surface area contributed by atoms with E-state index in [1.807, 2.05) is 18.2 Å². The van der Waals surface area contributed by atoms with Crippen LogP contribution in [0.5, 0.6) is 0 Å². The van der Waals surface area contributed by atoms with Crippen molar-refractivity contribution in [2.45, 2.75) is 38.3 Å². The fraction of sp³-hybridized carbons (Fsp3) is 0.500. The predicted molar refractivity (Wildman–Crippen MR) is 68.5 cm³/mol. The first kappa shape index (κ1) is 12.1. The molecule has 0 aliphatic heterocycles. The molecule has 0 heterocycles. The van der Waals surface area contributed by atoms with Crippen molar-refractivity contribution in [2.24, 2.45) is 0 Å². The molecule has 0 spiro atoms. The molecule has 0 saturated heterocycles. The van der Waals surface area contributed by atoms with E-state index >= 15 is 0 Å². The van der Waals surface area contributed by atoms with Crippen molar-refractivity contribution >= 4 is 5.91 Å². The van der Waals surface area contributed by atoms with Crippen molar-refractivity contribution in [2.75, 3.05) is 6.54 Å². The average Bonchev–Trinajstić information content (AvgIpc) is 3.14. The number of rotatable bonds is 7. The van der Waals surface area contributed by atoms with Gasteiger partial charge in [-0.25, -0.2) is 0 Å². The molecule has 1 aromatic rings. The van der Waals surface area contributed by atoms with Gasteiger partial charge in [0.2, 0.25) is 5.91 Å². The van der Waals surface area contributed by atoms with Gasteiger partial charge in [-0.15, -0.1) is 0 Å². The smallest absolute Gasteiger partial charge is 0.220 e. The minimum Gasteiger partial charge on any atom is -0.353 e. The Morgan fingerprint density at radius 3 is 2.71 bits per heavy atom. The van der Waals surface area contributed by atoms with Crippen LogP contribution in [-0.4, -0.2) is 18.5 Å². The van der Waals surface area contributed by atoms with Gasteiger partial charge in [0.05, 0.1) is 0 Å². The van der Waals surface area contributed by atoms with Crippen LogP contribution < -0.4 is 10.6 Å². The largest absolute Gasteiger partial charge is 0.353 e. The molecule has 92 valence electrons. The molecular weight excluding hydrogens is 212 g/mol. The van der Waals surface area contributed by atoms with E-state index in [9.17, 15) is 4.79 Å². The van der Waals surface area contributed by atoms with Crippen LogP contribution in [0.4, 0.5) is 0 Å². The quantitative estimate of drug-likeness (QED) is 0.704. The van der Waals surface area contributed by atoms with E-state index < -0.39 is 0 Å². The summed E-state index contributed by atoms with van der Waals surface area (Å²) in [4.78, 5) is 11.4. The SMILES string of the molecule is O=C(CCCNCc1ccccc1)NC1CC1. The van der Waals surface area contributed by atoms with E-state index in [-0.39, 0.29) is 5.91 Å². The number of nitrogens with one attached hydrogen (secondary N) is 2. The monoisotopic (exact) mass is 232 g/mol. The Morgan fingerprint density at radius 1 is 1.24 bits per heavy atom. The lowest BCUT2D eigenvalue weighted by atomic mass is 10.2. The van der Waals surface area contributed by atoms with E-state index in [4.69, 9.17) is 0 Å². The Balaban J connectivity index is 1.50. The lowest BCUT2D eigenvalue weighted by molar-refractivity contribution is -0.121. The minimum absolute atomic E-state index is 0.203. The predicted octanol–water partition coefficient (Wildman–Crippen LogP) is 1.83. The molecule has 0 unspecified atom stereocenters. The lowest BCUT2D eigenvalue weighted by Crippen LogP contribution is -2.26. The van der Waals surface area contributed by atoms with Crippen LogP contribution >= 0.6 is 0 Å². The summed E-state index contributed by atoms with van der Waals surface area (Å²) < 4.78 is 0. The molecule has 3 heteroatoms. The van der Waals surface area contributed by atoms with Crippen LogP contribution in [0.1, 0.15) is 31.2 Å². The Morgan fingerprint density at radius 2 is 2.00 bits per heavy atom. The number of carbonyl (C=O) groups excluding carboxylic acids is 1. The zero-order chi connectivity index (χ0) is 11.9. The van der Waals surface area contributed by atoms with Crippen molar-refractivity contribution < 1.29 is 4.79 Å². The molecule has 1 aliphatic rings. The summed E-state index contributed by atoms with van der Waals surface area (Å²) >= 11 is 0. The van der Waals surface area contributed by atoms with Gasteiger partial charge in [0.1, 0.15) is 0 Å². The summed E-state index contributed by atoms with van der Waals surface area (Å²) in [5, 5.41) is 6.34. The highest BCUT2D eigenvalue weighted by molar-refractivity contribution is 5.76. The maximum Gasteiger partial charge on any atom is 0.220 e. The summed E-state index contributed by atoms with van der Waals surface area (Å²) in [5.41, 5.74) is 1.29. The molecule has 0 aromatic heterocycles. The fourth-order valence-electron chi connectivity index (χ4n) is 1.73. The van der Waals surface area contributed by atoms with Crippen molar-refractivity contribution in [3.8, 4) is 0 Å². The Bertz CT molecular complexity index is 346. The Kier molecular flexibility index (Phi) is 4.56. The van der Waals surface area contributed by atoms with E-state index in [0.717, 1.165) is 32.4 Å². The van der Waals surface area contributed by atoms with E-state index in [1.54, 1.807) is 0 Å². The highest BCUT2D eigenvalue weighted by atomic mass is 16.1. The first-order chi connectivity index (χ1) is 8.34. The summed E-state index contributed by atoms with van der Waals surface area (Å²) in [5.74, 6) is 0.203. The molecule has 0 bridgehead atoms. The summed E-state index contributed by atoms with van der Waals surface area (Å²) in [6, 6.07) is 10.8. The number of benzene rings is 1. The van der Waals surface area contributed by atoms with Crippen molar-refractivity contribution in [3.63, 3.8) is 0 Å². The van der Waals surface area contributed by atoms with Gasteiger partial charge in [0, 0.05) is 19.0 Å². The maximum atomic E-state index is 11.4. The van der Waals surface area contributed by atoms with Gasteiger partial charge in [-0.3, -0.25) is 4.79 Å². The zero-order valence-electron chi connectivity index (χ0n) is 10.1. The number of amides is 1. The standard InChI is InChI=1S/C14H20N2O/c17-14(16-13-8-9-13)7-4-10-15-11-12-5-2-1-3-6-12/h1-3,5-6,13,15H,4,7-11H2,(H,16,17). The van der Waals surface area contributed by atoms with Crippen LogP contribution in [0.25, 0.3) is 0 Å². The van der Waals surface area contributed by atoms with E-state index in [1.165, 1.54) is 5.56 Å². The first-order valence-electron chi connectivity index (χ1n) is 6.38. The van der Waals surface area contributed by atoms with Crippen LogP contribution in [-0.2, 0) is 11.3 Å². The van der Waals surface area contributed by atoms with Crippen LogP contribution in [0.15, 0.2) is 30.3 Å². The Hall–Kier alpha value is -1.35. The van der Waals surface area contributed by atoms with Crippen LogP contribution in [0.2, 0.25) is 0 Å². The van der Waals surface area contributed by atoms with Gasteiger partial charge in [0.25, 0.3) is 0 Å².